The van der Waals surface area contributed by atoms with E-state index in [0.717, 1.165) is 31.5 Å². The van der Waals surface area contributed by atoms with E-state index >= 15 is 0 Å². The van der Waals surface area contributed by atoms with Crippen LogP contribution in [0.25, 0.3) is 5.65 Å². The van der Waals surface area contributed by atoms with E-state index in [0.29, 0.717) is 12.2 Å². The fourth-order valence-corrected chi connectivity index (χ4v) is 3.03. The van der Waals surface area contributed by atoms with Crippen LogP contribution in [0, 0.1) is 0 Å². The summed E-state index contributed by atoms with van der Waals surface area (Å²) in [5.74, 6) is 0. The second-order valence-corrected chi connectivity index (χ2v) is 5.52. The first-order valence-corrected chi connectivity index (χ1v) is 7.13. The van der Waals surface area contributed by atoms with Gasteiger partial charge < -0.3 is 5.11 Å². The van der Waals surface area contributed by atoms with E-state index in [9.17, 15) is 9.90 Å². The maximum atomic E-state index is 11.9. The molecule has 2 N–H and O–H groups in total. The second-order valence-electron chi connectivity index (χ2n) is 5.52. The van der Waals surface area contributed by atoms with Crippen LogP contribution < -0.4 is 5.56 Å². The van der Waals surface area contributed by atoms with Gasteiger partial charge in [-0.05, 0) is 26.3 Å². The van der Waals surface area contributed by atoms with Crippen molar-refractivity contribution in [2.75, 3.05) is 6.54 Å². The lowest BCUT2D eigenvalue weighted by Crippen LogP contribution is -2.45. The molecule has 0 bridgehead atoms. The van der Waals surface area contributed by atoms with E-state index in [1.54, 1.807) is 18.3 Å². The van der Waals surface area contributed by atoms with Gasteiger partial charge >= 0.3 is 0 Å². The smallest absolute Gasteiger partial charge is 0.272 e. The van der Waals surface area contributed by atoms with Gasteiger partial charge in [0.05, 0.1) is 11.8 Å². The van der Waals surface area contributed by atoms with Crippen molar-refractivity contribution < 1.29 is 5.11 Å². The minimum absolute atomic E-state index is 0.0967. The molecule has 2 unspecified atom stereocenters. The molecule has 1 aliphatic heterocycles. The molecule has 3 heterocycles. The van der Waals surface area contributed by atoms with Gasteiger partial charge in [0.15, 0.2) is 5.65 Å². The lowest BCUT2D eigenvalue weighted by Gasteiger charge is -2.37. The maximum absolute atomic E-state index is 11.9. The number of hydrogen-bond acceptors (Lipinski definition) is 4. The highest BCUT2D eigenvalue weighted by atomic mass is 16.3. The number of hydrogen-bond donors (Lipinski definition) is 2. The standard InChI is InChI=1S/C14H20N4O2/c1-10(19)12-4-2-3-7-17(12)9-11-8-14(20)18-13(16-11)5-6-15-18/h5-6,8,10,12,15,19H,2-4,7,9H2,1H3. The van der Waals surface area contributed by atoms with Gasteiger partial charge in [-0.1, -0.05) is 6.42 Å². The van der Waals surface area contributed by atoms with Gasteiger partial charge in [-0.15, -0.1) is 0 Å². The highest BCUT2D eigenvalue weighted by molar-refractivity contribution is 5.36. The molecule has 3 rings (SSSR count). The molecule has 108 valence electrons. The van der Waals surface area contributed by atoms with Crippen LogP contribution in [0.3, 0.4) is 0 Å². The number of aromatic amines is 1. The predicted octanol–water partition coefficient (Wildman–Crippen LogP) is 0.758. The molecule has 2 atom stereocenters. The quantitative estimate of drug-likeness (QED) is 0.868. The second kappa shape index (κ2) is 5.38. The molecule has 1 aliphatic rings. The molecule has 2 aromatic rings. The summed E-state index contributed by atoms with van der Waals surface area (Å²) in [5, 5.41) is 12.7. The van der Waals surface area contributed by atoms with Gasteiger partial charge in [0.1, 0.15) is 0 Å². The summed E-state index contributed by atoms with van der Waals surface area (Å²) in [6, 6.07) is 3.51. The number of aromatic nitrogens is 3. The minimum Gasteiger partial charge on any atom is -0.392 e. The van der Waals surface area contributed by atoms with Crippen molar-refractivity contribution >= 4 is 5.65 Å². The molecule has 1 saturated heterocycles. The Morgan fingerprint density at radius 1 is 1.55 bits per heavy atom. The number of fused-ring (bicyclic) bond motifs is 1. The highest BCUT2D eigenvalue weighted by Gasteiger charge is 2.26. The van der Waals surface area contributed by atoms with E-state index in [1.165, 1.54) is 4.52 Å². The number of nitrogens with one attached hydrogen (secondary N) is 1. The third kappa shape index (κ3) is 2.48. The summed E-state index contributed by atoms with van der Waals surface area (Å²) in [5.41, 5.74) is 1.31. The van der Waals surface area contributed by atoms with Crippen molar-refractivity contribution in [2.45, 2.75) is 44.9 Å². The Kier molecular flexibility index (Phi) is 3.58. The molecule has 0 aromatic carbocycles. The zero-order valence-electron chi connectivity index (χ0n) is 11.6. The normalized spacial score (nSPS) is 22.2. The van der Waals surface area contributed by atoms with E-state index in [2.05, 4.69) is 15.0 Å². The van der Waals surface area contributed by atoms with Gasteiger partial charge in [0, 0.05) is 30.9 Å². The monoisotopic (exact) mass is 276 g/mol. The molecule has 0 radical (unpaired) electrons. The van der Waals surface area contributed by atoms with Gasteiger partial charge in [0.2, 0.25) is 0 Å². The van der Waals surface area contributed by atoms with Crippen molar-refractivity contribution in [3.05, 3.63) is 34.4 Å². The van der Waals surface area contributed by atoms with Gasteiger partial charge in [-0.3, -0.25) is 14.8 Å². The van der Waals surface area contributed by atoms with Crippen LogP contribution in [0.5, 0.6) is 0 Å². The third-order valence-electron chi connectivity index (χ3n) is 4.02. The van der Waals surface area contributed by atoms with E-state index in [4.69, 9.17) is 0 Å². The first-order chi connectivity index (χ1) is 9.65. The minimum atomic E-state index is -0.354. The first-order valence-electron chi connectivity index (χ1n) is 7.13. The highest BCUT2D eigenvalue weighted by Crippen LogP contribution is 2.21. The zero-order valence-corrected chi connectivity index (χ0v) is 11.6. The fraction of sp³-hybridized carbons (Fsp3) is 0.571. The Bertz CT molecular complexity index is 646. The molecule has 6 nitrogen and oxygen atoms in total. The summed E-state index contributed by atoms with van der Waals surface area (Å²) < 4.78 is 1.42. The molecular formula is C14H20N4O2. The molecule has 20 heavy (non-hydrogen) atoms. The Morgan fingerprint density at radius 3 is 3.20 bits per heavy atom. The average molecular weight is 276 g/mol. The van der Waals surface area contributed by atoms with Crippen molar-refractivity contribution in [3.8, 4) is 0 Å². The molecule has 6 heteroatoms. The molecule has 0 aliphatic carbocycles. The van der Waals surface area contributed by atoms with Crippen LogP contribution in [0.4, 0.5) is 0 Å². The van der Waals surface area contributed by atoms with Crippen molar-refractivity contribution in [1.29, 1.82) is 0 Å². The van der Waals surface area contributed by atoms with Gasteiger partial charge in [-0.25, -0.2) is 9.50 Å². The van der Waals surface area contributed by atoms with E-state index in [-0.39, 0.29) is 17.7 Å². The largest absolute Gasteiger partial charge is 0.392 e. The zero-order chi connectivity index (χ0) is 14.1. The summed E-state index contributed by atoms with van der Waals surface area (Å²) in [6.07, 6.45) is 4.64. The number of likely N-dealkylation sites (tertiary alicyclic amines) is 1. The van der Waals surface area contributed by atoms with Crippen LogP contribution in [0.15, 0.2) is 23.1 Å². The molecule has 0 saturated carbocycles. The number of aliphatic hydroxyl groups excluding tert-OH is 1. The van der Waals surface area contributed by atoms with Crippen LogP contribution in [-0.4, -0.2) is 43.3 Å². The number of piperidine rings is 1. The van der Waals surface area contributed by atoms with Gasteiger partial charge in [-0.2, -0.15) is 0 Å². The Morgan fingerprint density at radius 2 is 2.40 bits per heavy atom. The topological polar surface area (TPSA) is 73.6 Å². The van der Waals surface area contributed by atoms with Crippen LogP contribution >= 0.6 is 0 Å². The summed E-state index contributed by atoms with van der Waals surface area (Å²) >= 11 is 0. The average Bonchev–Trinajstić information content (AvgIpc) is 2.88. The number of nitrogens with zero attached hydrogens (tertiary/aromatic N) is 3. The first kappa shape index (κ1) is 13.3. The lowest BCUT2D eigenvalue weighted by atomic mass is 9.98. The van der Waals surface area contributed by atoms with E-state index < -0.39 is 0 Å². The van der Waals surface area contributed by atoms with Crippen molar-refractivity contribution in [1.82, 2.24) is 19.5 Å². The third-order valence-corrected chi connectivity index (χ3v) is 4.02. The van der Waals surface area contributed by atoms with Gasteiger partial charge in [0.25, 0.3) is 5.56 Å². The van der Waals surface area contributed by atoms with Crippen molar-refractivity contribution in [2.24, 2.45) is 0 Å². The number of rotatable bonds is 3. The maximum Gasteiger partial charge on any atom is 0.272 e. The van der Waals surface area contributed by atoms with Crippen LogP contribution in [-0.2, 0) is 6.54 Å². The number of H-pyrrole nitrogens is 1. The molecule has 0 amide bonds. The number of aliphatic hydroxyl groups is 1. The summed E-state index contributed by atoms with van der Waals surface area (Å²) in [4.78, 5) is 18.7. The Balaban J connectivity index is 1.86. The summed E-state index contributed by atoms with van der Waals surface area (Å²) in [6.45, 7) is 3.40. The molecule has 2 aromatic heterocycles. The molecule has 1 fully saturated rings. The van der Waals surface area contributed by atoms with Crippen LogP contribution in [0.2, 0.25) is 0 Å². The Hall–Kier alpha value is -1.66. The molecule has 0 spiro atoms. The summed E-state index contributed by atoms with van der Waals surface area (Å²) in [7, 11) is 0. The lowest BCUT2D eigenvalue weighted by molar-refractivity contribution is 0.0310. The molecular weight excluding hydrogens is 256 g/mol. The predicted molar refractivity (Wildman–Crippen MR) is 75.5 cm³/mol. The SMILES string of the molecule is CC(O)C1CCCCN1Cc1cc(=O)n2[nH]ccc2n1. The van der Waals surface area contributed by atoms with Crippen LogP contribution in [0.1, 0.15) is 31.9 Å². The fourth-order valence-electron chi connectivity index (χ4n) is 3.03. The van der Waals surface area contributed by atoms with Crippen molar-refractivity contribution in [3.63, 3.8) is 0 Å². The van der Waals surface area contributed by atoms with E-state index in [1.807, 2.05) is 6.92 Å². The Labute approximate surface area is 117 Å².